The molecular weight excluding hydrogens is 242 g/mol. The van der Waals surface area contributed by atoms with Crippen molar-refractivity contribution >= 4 is 15.9 Å². The molecular formula is C11H18BrNO. The van der Waals surface area contributed by atoms with Gasteiger partial charge >= 0.3 is 0 Å². The molecule has 1 aromatic rings. The zero-order valence-electron chi connectivity index (χ0n) is 9.30. The van der Waals surface area contributed by atoms with E-state index in [2.05, 4.69) is 48.8 Å². The molecule has 0 aromatic carbocycles. The van der Waals surface area contributed by atoms with Crippen molar-refractivity contribution < 1.29 is 4.52 Å². The van der Waals surface area contributed by atoms with Gasteiger partial charge in [0.25, 0.3) is 0 Å². The number of hydrogen-bond acceptors (Lipinski definition) is 2. The van der Waals surface area contributed by atoms with Crippen LogP contribution in [-0.4, -0.2) is 5.16 Å². The summed E-state index contributed by atoms with van der Waals surface area (Å²) in [5, 5.41) is 4.87. The molecule has 0 amide bonds. The quantitative estimate of drug-likeness (QED) is 0.767. The number of rotatable bonds is 4. The summed E-state index contributed by atoms with van der Waals surface area (Å²) in [5.41, 5.74) is 2.34. The van der Waals surface area contributed by atoms with Crippen molar-refractivity contribution in [2.45, 2.75) is 45.4 Å². The first kappa shape index (κ1) is 11.8. The Hall–Kier alpha value is -0.310. The van der Waals surface area contributed by atoms with E-state index in [0.717, 1.165) is 23.2 Å². The molecule has 80 valence electrons. The van der Waals surface area contributed by atoms with Crippen LogP contribution >= 0.6 is 15.9 Å². The van der Waals surface area contributed by atoms with Gasteiger partial charge in [-0.15, -0.1) is 0 Å². The molecule has 0 aliphatic rings. The topological polar surface area (TPSA) is 26.0 Å². The van der Waals surface area contributed by atoms with Crippen molar-refractivity contribution in [1.82, 2.24) is 5.16 Å². The van der Waals surface area contributed by atoms with E-state index in [1.165, 1.54) is 5.56 Å². The maximum Gasteiger partial charge on any atom is 0.140 e. The zero-order chi connectivity index (χ0) is 10.7. The molecule has 0 N–H and O–H groups in total. The van der Waals surface area contributed by atoms with Crippen molar-refractivity contribution in [3.8, 4) is 0 Å². The standard InChI is InChI=1S/C11H18BrNO/c1-7(2)5-10-11(8(3)4)9(6-12)13-14-10/h7-8H,5-6H2,1-4H3. The molecule has 0 unspecified atom stereocenters. The van der Waals surface area contributed by atoms with Crippen LogP contribution in [-0.2, 0) is 11.8 Å². The first-order chi connectivity index (χ1) is 6.56. The fraction of sp³-hybridized carbons (Fsp3) is 0.727. The van der Waals surface area contributed by atoms with E-state index < -0.39 is 0 Å². The predicted octanol–water partition coefficient (Wildman–Crippen LogP) is 3.89. The monoisotopic (exact) mass is 259 g/mol. The lowest BCUT2D eigenvalue weighted by atomic mass is 9.97. The van der Waals surface area contributed by atoms with Gasteiger partial charge in [0.1, 0.15) is 5.76 Å². The third-order valence-corrected chi connectivity index (χ3v) is 2.71. The molecule has 0 saturated carbocycles. The molecule has 2 nitrogen and oxygen atoms in total. The lowest BCUT2D eigenvalue weighted by Crippen LogP contribution is -1.99. The average molecular weight is 260 g/mol. The van der Waals surface area contributed by atoms with Crippen LogP contribution in [0.25, 0.3) is 0 Å². The second-order valence-electron chi connectivity index (χ2n) is 4.35. The van der Waals surface area contributed by atoms with Crippen LogP contribution in [0.5, 0.6) is 0 Å². The Kier molecular flexibility index (Phi) is 4.17. The highest BCUT2D eigenvalue weighted by Gasteiger charge is 2.18. The van der Waals surface area contributed by atoms with E-state index in [1.54, 1.807) is 0 Å². The molecule has 0 atom stereocenters. The van der Waals surface area contributed by atoms with Gasteiger partial charge in [-0.3, -0.25) is 0 Å². The second kappa shape index (κ2) is 4.96. The Morgan fingerprint density at radius 3 is 2.36 bits per heavy atom. The number of alkyl halides is 1. The molecule has 0 bridgehead atoms. The van der Waals surface area contributed by atoms with Crippen LogP contribution in [0, 0.1) is 5.92 Å². The molecule has 1 heterocycles. The van der Waals surface area contributed by atoms with E-state index in [9.17, 15) is 0 Å². The molecule has 0 spiro atoms. The van der Waals surface area contributed by atoms with Crippen LogP contribution < -0.4 is 0 Å². The first-order valence-electron chi connectivity index (χ1n) is 5.09. The third-order valence-electron chi connectivity index (χ3n) is 2.17. The fourth-order valence-corrected chi connectivity index (χ4v) is 2.04. The molecule has 3 heteroatoms. The Morgan fingerprint density at radius 2 is 1.93 bits per heavy atom. The Morgan fingerprint density at radius 1 is 1.29 bits per heavy atom. The first-order valence-corrected chi connectivity index (χ1v) is 6.21. The lowest BCUT2D eigenvalue weighted by Gasteiger charge is -2.07. The summed E-state index contributed by atoms with van der Waals surface area (Å²) in [6.45, 7) is 8.76. The lowest BCUT2D eigenvalue weighted by molar-refractivity contribution is 0.363. The Labute approximate surface area is 94.2 Å². The molecule has 0 fully saturated rings. The summed E-state index contributed by atoms with van der Waals surface area (Å²) in [5.74, 6) is 2.16. The van der Waals surface area contributed by atoms with Gasteiger partial charge in [-0.1, -0.05) is 48.8 Å². The minimum Gasteiger partial charge on any atom is -0.361 e. The number of hydrogen-bond donors (Lipinski definition) is 0. The summed E-state index contributed by atoms with van der Waals surface area (Å²) < 4.78 is 5.38. The summed E-state index contributed by atoms with van der Waals surface area (Å²) in [6, 6.07) is 0. The normalized spacial score (nSPS) is 11.6. The molecule has 0 saturated heterocycles. The maximum atomic E-state index is 5.38. The van der Waals surface area contributed by atoms with Gasteiger partial charge in [0.05, 0.1) is 5.69 Å². The largest absolute Gasteiger partial charge is 0.361 e. The number of aromatic nitrogens is 1. The molecule has 1 rings (SSSR count). The maximum absolute atomic E-state index is 5.38. The minimum absolute atomic E-state index is 0.488. The van der Waals surface area contributed by atoms with Crippen LogP contribution in [0.4, 0.5) is 0 Å². The third kappa shape index (κ3) is 2.59. The highest BCUT2D eigenvalue weighted by atomic mass is 79.9. The van der Waals surface area contributed by atoms with Crippen molar-refractivity contribution in [2.24, 2.45) is 5.92 Å². The second-order valence-corrected chi connectivity index (χ2v) is 4.91. The molecule has 0 radical (unpaired) electrons. The summed E-state index contributed by atoms with van der Waals surface area (Å²) in [4.78, 5) is 0. The van der Waals surface area contributed by atoms with Crippen LogP contribution in [0.15, 0.2) is 4.52 Å². The van der Waals surface area contributed by atoms with Crippen LogP contribution in [0.3, 0.4) is 0 Å². The van der Waals surface area contributed by atoms with E-state index in [-0.39, 0.29) is 0 Å². The van der Waals surface area contributed by atoms with Gasteiger partial charge in [-0.25, -0.2) is 0 Å². The van der Waals surface area contributed by atoms with Gasteiger partial charge in [0, 0.05) is 17.3 Å². The molecule has 14 heavy (non-hydrogen) atoms. The van der Waals surface area contributed by atoms with Gasteiger partial charge < -0.3 is 4.52 Å². The SMILES string of the molecule is CC(C)Cc1onc(CBr)c1C(C)C. The van der Waals surface area contributed by atoms with Crippen molar-refractivity contribution in [3.63, 3.8) is 0 Å². The highest BCUT2D eigenvalue weighted by Crippen LogP contribution is 2.27. The van der Waals surface area contributed by atoms with Crippen molar-refractivity contribution in [3.05, 3.63) is 17.0 Å². The number of nitrogens with zero attached hydrogens (tertiary/aromatic N) is 1. The van der Waals surface area contributed by atoms with E-state index in [0.29, 0.717) is 11.8 Å². The summed E-state index contributed by atoms with van der Waals surface area (Å²) >= 11 is 3.43. The van der Waals surface area contributed by atoms with Crippen molar-refractivity contribution in [1.29, 1.82) is 0 Å². The number of halogens is 1. The van der Waals surface area contributed by atoms with Crippen LogP contribution in [0.1, 0.15) is 50.6 Å². The Balaban J connectivity index is 2.98. The summed E-state index contributed by atoms with van der Waals surface area (Å²) in [6.07, 6.45) is 0.980. The van der Waals surface area contributed by atoms with Gasteiger partial charge in [0.2, 0.25) is 0 Å². The molecule has 0 aliphatic carbocycles. The van der Waals surface area contributed by atoms with E-state index >= 15 is 0 Å². The van der Waals surface area contributed by atoms with Crippen LogP contribution in [0.2, 0.25) is 0 Å². The molecule has 0 aliphatic heterocycles. The average Bonchev–Trinajstić information content (AvgIpc) is 2.46. The Bertz CT molecular complexity index is 291. The zero-order valence-corrected chi connectivity index (χ0v) is 10.9. The molecule has 1 aromatic heterocycles. The minimum atomic E-state index is 0.488. The van der Waals surface area contributed by atoms with E-state index in [1.807, 2.05) is 0 Å². The van der Waals surface area contributed by atoms with Gasteiger partial charge in [-0.2, -0.15) is 0 Å². The predicted molar refractivity (Wildman–Crippen MR) is 61.8 cm³/mol. The van der Waals surface area contributed by atoms with Gasteiger partial charge in [-0.05, 0) is 11.8 Å². The van der Waals surface area contributed by atoms with Gasteiger partial charge in [0.15, 0.2) is 0 Å². The highest BCUT2D eigenvalue weighted by molar-refractivity contribution is 9.08. The van der Waals surface area contributed by atoms with Crippen molar-refractivity contribution in [2.75, 3.05) is 0 Å². The summed E-state index contributed by atoms with van der Waals surface area (Å²) in [7, 11) is 0. The fourth-order valence-electron chi connectivity index (χ4n) is 1.64. The smallest absolute Gasteiger partial charge is 0.140 e. The van der Waals surface area contributed by atoms with E-state index in [4.69, 9.17) is 4.52 Å².